The number of hydrogen-bond acceptors (Lipinski definition) is 5. The summed E-state index contributed by atoms with van der Waals surface area (Å²) in [6.07, 6.45) is 3.22. The van der Waals surface area contributed by atoms with Crippen LogP contribution < -0.4 is 5.32 Å². The minimum atomic E-state index is 0.617. The summed E-state index contributed by atoms with van der Waals surface area (Å²) in [6, 6.07) is 11.6. The Kier molecular flexibility index (Phi) is 2.75. The molecule has 6 heteroatoms. The van der Waals surface area contributed by atoms with Gasteiger partial charge in [0.1, 0.15) is 12.1 Å². The first-order valence-electron chi connectivity index (χ1n) is 5.52. The quantitative estimate of drug-likeness (QED) is 0.755. The van der Waals surface area contributed by atoms with Crippen LogP contribution in [0.5, 0.6) is 0 Å². The van der Waals surface area contributed by atoms with E-state index < -0.39 is 0 Å². The van der Waals surface area contributed by atoms with Crippen LogP contribution in [-0.4, -0.2) is 20.2 Å². The van der Waals surface area contributed by atoms with Crippen LogP contribution in [0.1, 0.15) is 5.76 Å². The van der Waals surface area contributed by atoms with Gasteiger partial charge in [-0.1, -0.05) is 12.1 Å². The molecule has 1 aromatic carbocycles. The van der Waals surface area contributed by atoms with Gasteiger partial charge in [-0.3, -0.25) is 0 Å². The first-order chi connectivity index (χ1) is 8.93. The Morgan fingerprint density at radius 3 is 2.89 bits per heavy atom. The van der Waals surface area contributed by atoms with Crippen LogP contribution in [0.2, 0.25) is 0 Å². The number of para-hydroxylation sites is 2. The van der Waals surface area contributed by atoms with Crippen molar-refractivity contribution in [2.75, 3.05) is 5.32 Å². The van der Waals surface area contributed by atoms with Gasteiger partial charge in [0.25, 0.3) is 0 Å². The lowest BCUT2D eigenvalue weighted by Gasteiger charge is -2.09. The summed E-state index contributed by atoms with van der Waals surface area (Å²) in [7, 11) is 0. The van der Waals surface area contributed by atoms with Crippen molar-refractivity contribution >= 4 is 5.69 Å². The molecule has 0 aliphatic rings. The zero-order valence-electron chi connectivity index (χ0n) is 9.52. The van der Waals surface area contributed by atoms with Crippen molar-refractivity contribution in [3.63, 3.8) is 0 Å². The van der Waals surface area contributed by atoms with E-state index in [-0.39, 0.29) is 0 Å². The van der Waals surface area contributed by atoms with Crippen LogP contribution >= 0.6 is 0 Å². The smallest absolute Gasteiger partial charge is 0.143 e. The Bertz CT molecular complexity index is 603. The molecule has 0 spiro atoms. The zero-order valence-corrected chi connectivity index (χ0v) is 9.52. The third kappa shape index (κ3) is 2.08. The van der Waals surface area contributed by atoms with Crippen LogP contribution in [0.4, 0.5) is 5.69 Å². The van der Waals surface area contributed by atoms with Crippen LogP contribution in [0.3, 0.4) is 0 Å². The van der Waals surface area contributed by atoms with Crippen molar-refractivity contribution in [1.29, 1.82) is 0 Å². The molecule has 0 aliphatic carbocycles. The minimum Gasteiger partial charge on any atom is -0.467 e. The van der Waals surface area contributed by atoms with Gasteiger partial charge in [-0.2, -0.15) is 4.68 Å². The molecule has 0 radical (unpaired) electrons. The molecule has 0 atom stereocenters. The molecule has 2 aromatic heterocycles. The van der Waals surface area contributed by atoms with E-state index in [0.29, 0.717) is 6.54 Å². The molecule has 0 saturated carbocycles. The van der Waals surface area contributed by atoms with E-state index in [0.717, 1.165) is 17.1 Å². The first kappa shape index (κ1) is 10.5. The van der Waals surface area contributed by atoms with Crippen molar-refractivity contribution in [2.24, 2.45) is 0 Å². The molecule has 1 N–H and O–H groups in total. The normalized spacial score (nSPS) is 10.4. The molecule has 3 aromatic rings. The highest BCUT2D eigenvalue weighted by Crippen LogP contribution is 2.19. The Balaban J connectivity index is 1.84. The topological polar surface area (TPSA) is 68.8 Å². The zero-order chi connectivity index (χ0) is 12.2. The monoisotopic (exact) mass is 241 g/mol. The highest BCUT2D eigenvalue weighted by molar-refractivity contribution is 5.60. The summed E-state index contributed by atoms with van der Waals surface area (Å²) in [5.41, 5.74) is 1.84. The molecule has 0 fully saturated rings. The molecule has 90 valence electrons. The molecule has 0 aliphatic heterocycles. The summed E-state index contributed by atoms with van der Waals surface area (Å²) >= 11 is 0. The second-order valence-electron chi connectivity index (χ2n) is 3.70. The van der Waals surface area contributed by atoms with E-state index in [1.165, 1.54) is 0 Å². The SMILES string of the molecule is c1coc(CNc2ccccc2-n2cnnn2)c1. The number of tetrazole rings is 1. The van der Waals surface area contributed by atoms with Crippen LogP contribution in [-0.2, 0) is 6.54 Å². The Labute approximate surface area is 103 Å². The summed E-state index contributed by atoms with van der Waals surface area (Å²) in [6.45, 7) is 0.617. The van der Waals surface area contributed by atoms with Gasteiger partial charge in [0, 0.05) is 0 Å². The van der Waals surface area contributed by atoms with Gasteiger partial charge in [0.05, 0.1) is 24.2 Å². The van der Waals surface area contributed by atoms with E-state index >= 15 is 0 Å². The molecule has 2 heterocycles. The van der Waals surface area contributed by atoms with E-state index in [1.54, 1.807) is 17.3 Å². The highest BCUT2D eigenvalue weighted by atomic mass is 16.3. The molecule has 0 bridgehead atoms. The predicted molar refractivity (Wildman–Crippen MR) is 65.2 cm³/mol. The van der Waals surface area contributed by atoms with Crippen molar-refractivity contribution in [3.05, 3.63) is 54.7 Å². The van der Waals surface area contributed by atoms with Gasteiger partial charge in [0.15, 0.2) is 0 Å². The van der Waals surface area contributed by atoms with Crippen molar-refractivity contribution in [2.45, 2.75) is 6.54 Å². The minimum absolute atomic E-state index is 0.617. The van der Waals surface area contributed by atoms with Gasteiger partial charge in [-0.15, -0.1) is 5.10 Å². The number of nitrogens with zero attached hydrogens (tertiary/aromatic N) is 4. The molecule has 3 rings (SSSR count). The molecular formula is C12H11N5O. The fourth-order valence-electron chi connectivity index (χ4n) is 1.69. The maximum Gasteiger partial charge on any atom is 0.143 e. The molecule has 0 saturated heterocycles. The summed E-state index contributed by atoms with van der Waals surface area (Å²) < 4.78 is 6.89. The summed E-state index contributed by atoms with van der Waals surface area (Å²) in [5.74, 6) is 0.876. The second kappa shape index (κ2) is 4.70. The molecule has 6 nitrogen and oxygen atoms in total. The molecular weight excluding hydrogens is 230 g/mol. The fourth-order valence-corrected chi connectivity index (χ4v) is 1.69. The third-order valence-electron chi connectivity index (χ3n) is 2.53. The van der Waals surface area contributed by atoms with Gasteiger partial charge in [-0.05, 0) is 34.7 Å². The van der Waals surface area contributed by atoms with Crippen LogP contribution in [0.15, 0.2) is 53.4 Å². The lowest BCUT2D eigenvalue weighted by Crippen LogP contribution is -2.04. The Morgan fingerprint density at radius 2 is 2.11 bits per heavy atom. The Hall–Kier alpha value is -2.63. The molecule has 0 amide bonds. The van der Waals surface area contributed by atoms with Crippen LogP contribution in [0.25, 0.3) is 5.69 Å². The Morgan fingerprint density at radius 1 is 1.17 bits per heavy atom. The average Bonchev–Trinajstić information content (AvgIpc) is 3.10. The first-order valence-corrected chi connectivity index (χ1v) is 5.52. The number of anilines is 1. The van der Waals surface area contributed by atoms with E-state index in [4.69, 9.17) is 4.42 Å². The third-order valence-corrected chi connectivity index (χ3v) is 2.53. The van der Waals surface area contributed by atoms with E-state index in [9.17, 15) is 0 Å². The van der Waals surface area contributed by atoms with Gasteiger partial charge in [0.2, 0.25) is 0 Å². The highest BCUT2D eigenvalue weighted by Gasteiger charge is 2.05. The number of furan rings is 1. The lowest BCUT2D eigenvalue weighted by molar-refractivity contribution is 0.518. The number of hydrogen-bond donors (Lipinski definition) is 1. The van der Waals surface area contributed by atoms with Crippen molar-refractivity contribution in [3.8, 4) is 5.69 Å². The number of aromatic nitrogens is 4. The average molecular weight is 241 g/mol. The van der Waals surface area contributed by atoms with Crippen molar-refractivity contribution < 1.29 is 4.42 Å². The number of nitrogens with one attached hydrogen (secondary N) is 1. The van der Waals surface area contributed by atoms with Gasteiger partial charge < -0.3 is 9.73 Å². The maximum absolute atomic E-state index is 5.28. The predicted octanol–water partition coefficient (Wildman–Crippen LogP) is 1.87. The lowest BCUT2D eigenvalue weighted by atomic mass is 10.2. The largest absolute Gasteiger partial charge is 0.467 e. The number of benzene rings is 1. The van der Waals surface area contributed by atoms with Gasteiger partial charge in [-0.25, -0.2) is 0 Å². The standard InChI is InChI=1S/C12H11N5O/c1-2-6-12(17-9-14-15-16-17)11(5-1)13-8-10-4-3-7-18-10/h1-7,9,13H,8H2. The second-order valence-corrected chi connectivity index (χ2v) is 3.70. The summed E-state index contributed by atoms with van der Waals surface area (Å²) in [5, 5.41) is 14.4. The van der Waals surface area contributed by atoms with E-state index in [2.05, 4.69) is 20.8 Å². The number of rotatable bonds is 4. The fraction of sp³-hybridized carbons (Fsp3) is 0.0833. The van der Waals surface area contributed by atoms with Crippen molar-refractivity contribution in [1.82, 2.24) is 20.2 Å². The van der Waals surface area contributed by atoms with E-state index in [1.807, 2.05) is 36.4 Å². The summed E-state index contributed by atoms with van der Waals surface area (Å²) in [4.78, 5) is 0. The maximum atomic E-state index is 5.28. The molecule has 18 heavy (non-hydrogen) atoms. The molecule has 0 unspecified atom stereocenters. The van der Waals surface area contributed by atoms with Crippen LogP contribution in [0, 0.1) is 0 Å². The van der Waals surface area contributed by atoms with Gasteiger partial charge >= 0.3 is 0 Å².